The predicted octanol–water partition coefficient (Wildman–Crippen LogP) is 3.41. The molecule has 2 rings (SSSR count). The van der Waals surface area contributed by atoms with Crippen molar-refractivity contribution in [3.05, 3.63) is 54.6 Å². The first-order chi connectivity index (χ1) is 11.5. The molecule has 0 aliphatic heterocycles. The van der Waals surface area contributed by atoms with Crippen molar-refractivity contribution in [2.75, 3.05) is 12.4 Å². The quantitative estimate of drug-likeness (QED) is 0.540. The Morgan fingerprint density at radius 2 is 1.67 bits per heavy atom. The first-order valence-corrected chi connectivity index (χ1v) is 9.32. The van der Waals surface area contributed by atoms with Crippen molar-refractivity contribution in [2.45, 2.75) is 19.8 Å². The van der Waals surface area contributed by atoms with E-state index >= 15 is 0 Å². The molecule has 128 valence electrons. The third kappa shape index (κ3) is 5.38. The lowest BCUT2D eigenvalue weighted by atomic mass is 10.1. The molecular weight excluding hydrogens is 328 g/mol. The van der Waals surface area contributed by atoms with Crippen molar-refractivity contribution in [2.24, 2.45) is 0 Å². The summed E-state index contributed by atoms with van der Waals surface area (Å²) in [5.41, 5.74) is 1.57. The van der Waals surface area contributed by atoms with E-state index in [9.17, 15) is 13.2 Å². The van der Waals surface area contributed by atoms with E-state index in [-0.39, 0.29) is 31.0 Å². The van der Waals surface area contributed by atoms with Gasteiger partial charge in [0, 0.05) is 12.0 Å². The van der Waals surface area contributed by atoms with E-state index in [1.807, 2.05) is 36.4 Å². The van der Waals surface area contributed by atoms with Crippen LogP contribution in [-0.2, 0) is 19.6 Å². The van der Waals surface area contributed by atoms with Crippen LogP contribution < -0.4 is 4.18 Å². The molecule has 2 aromatic carbocycles. The Morgan fingerprint density at radius 3 is 2.38 bits per heavy atom. The van der Waals surface area contributed by atoms with Crippen LogP contribution in [0.25, 0.3) is 11.1 Å². The summed E-state index contributed by atoms with van der Waals surface area (Å²) in [6.45, 7) is 1.99. The van der Waals surface area contributed by atoms with Gasteiger partial charge in [-0.1, -0.05) is 48.5 Å². The molecule has 0 unspecified atom stereocenters. The Labute approximate surface area is 142 Å². The molecule has 0 aliphatic rings. The van der Waals surface area contributed by atoms with Gasteiger partial charge in [0.15, 0.2) is 0 Å². The summed E-state index contributed by atoms with van der Waals surface area (Å²) in [5, 5.41) is 0. The van der Waals surface area contributed by atoms with Crippen LogP contribution in [0.4, 0.5) is 0 Å². The highest BCUT2D eigenvalue weighted by atomic mass is 32.2. The van der Waals surface area contributed by atoms with Crippen LogP contribution in [0.2, 0.25) is 0 Å². The summed E-state index contributed by atoms with van der Waals surface area (Å²) >= 11 is 0. The van der Waals surface area contributed by atoms with Crippen molar-refractivity contribution in [3.63, 3.8) is 0 Å². The van der Waals surface area contributed by atoms with Gasteiger partial charge < -0.3 is 8.92 Å². The minimum Gasteiger partial charge on any atom is -0.466 e. The average molecular weight is 348 g/mol. The van der Waals surface area contributed by atoms with Gasteiger partial charge in [0.25, 0.3) is 0 Å². The third-order valence-corrected chi connectivity index (χ3v) is 4.49. The first-order valence-electron chi connectivity index (χ1n) is 7.74. The summed E-state index contributed by atoms with van der Waals surface area (Å²) in [4.78, 5) is 11.3. The largest absolute Gasteiger partial charge is 0.466 e. The maximum absolute atomic E-state index is 12.1. The van der Waals surface area contributed by atoms with E-state index in [1.165, 1.54) is 0 Å². The van der Waals surface area contributed by atoms with Crippen LogP contribution in [0.3, 0.4) is 0 Å². The highest BCUT2D eigenvalue weighted by Crippen LogP contribution is 2.30. The van der Waals surface area contributed by atoms with E-state index in [4.69, 9.17) is 8.92 Å². The van der Waals surface area contributed by atoms with Crippen LogP contribution in [0, 0.1) is 0 Å². The fourth-order valence-electron chi connectivity index (χ4n) is 2.20. The summed E-state index contributed by atoms with van der Waals surface area (Å²) in [6, 6.07) is 16.4. The zero-order chi connectivity index (χ0) is 17.4. The number of hydrogen-bond donors (Lipinski definition) is 0. The van der Waals surface area contributed by atoms with Gasteiger partial charge >= 0.3 is 16.1 Å². The van der Waals surface area contributed by atoms with Crippen molar-refractivity contribution in [1.82, 2.24) is 0 Å². The van der Waals surface area contributed by atoms with Gasteiger partial charge in [-0.25, -0.2) is 0 Å². The summed E-state index contributed by atoms with van der Waals surface area (Å²) in [5.74, 6) is -0.369. The molecule has 0 spiro atoms. The summed E-state index contributed by atoms with van der Waals surface area (Å²) < 4.78 is 34.3. The standard InChI is InChI=1S/C18H20O5S/c1-2-22-18(19)13-8-14-24(20,21)23-17-12-7-6-11-16(17)15-9-4-3-5-10-15/h3-7,9-12H,2,8,13-14H2,1H3. The fraction of sp³-hybridized carbons (Fsp3) is 0.278. The number of ether oxygens (including phenoxy) is 1. The molecule has 0 aliphatic carbocycles. The van der Waals surface area contributed by atoms with Gasteiger partial charge in [0.2, 0.25) is 0 Å². The average Bonchev–Trinajstić information content (AvgIpc) is 2.56. The van der Waals surface area contributed by atoms with Gasteiger partial charge in [-0.3, -0.25) is 4.79 Å². The number of para-hydroxylation sites is 1. The van der Waals surface area contributed by atoms with Crippen molar-refractivity contribution >= 4 is 16.1 Å². The van der Waals surface area contributed by atoms with Gasteiger partial charge in [-0.2, -0.15) is 8.42 Å². The Kier molecular flexibility index (Phi) is 6.37. The molecule has 0 saturated carbocycles. The lowest BCUT2D eigenvalue weighted by molar-refractivity contribution is -0.143. The molecule has 0 amide bonds. The van der Waals surface area contributed by atoms with Crippen LogP contribution in [0.5, 0.6) is 5.75 Å². The molecule has 0 radical (unpaired) electrons. The Hall–Kier alpha value is -2.34. The van der Waals surface area contributed by atoms with Crippen molar-refractivity contribution in [3.8, 4) is 16.9 Å². The van der Waals surface area contributed by atoms with E-state index in [0.29, 0.717) is 5.56 Å². The number of carbonyl (C=O) groups is 1. The molecule has 0 heterocycles. The molecule has 24 heavy (non-hydrogen) atoms. The van der Waals surface area contributed by atoms with Crippen LogP contribution in [-0.4, -0.2) is 26.7 Å². The number of rotatable bonds is 8. The molecule has 6 heteroatoms. The third-order valence-electron chi connectivity index (χ3n) is 3.27. The predicted molar refractivity (Wildman–Crippen MR) is 92.2 cm³/mol. The van der Waals surface area contributed by atoms with Crippen molar-refractivity contribution < 1.29 is 22.1 Å². The monoisotopic (exact) mass is 348 g/mol. The lowest BCUT2D eigenvalue weighted by Crippen LogP contribution is -2.16. The number of benzene rings is 2. The SMILES string of the molecule is CCOC(=O)CCCS(=O)(=O)Oc1ccccc1-c1ccccc1. The van der Waals surface area contributed by atoms with Crippen LogP contribution in [0.1, 0.15) is 19.8 Å². The molecule has 0 fully saturated rings. The smallest absolute Gasteiger partial charge is 0.309 e. The minimum atomic E-state index is -3.78. The fourth-order valence-corrected chi connectivity index (χ4v) is 3.20. The highest BCUT2D eigenvalue weighted by molar-refractivity contribution is 7.87. The van der Waals surface area contributed by atoms with Gasteiger partial charge in [0.1, 0.15) is 5.75 Å². The maximum atomic E-state index is 12.1. The van der Waals surface area contributed by atoms with Gasteiger partial charge in [0.05, 0.1) is 12.4 Å². The zero-order valence-corrected chi connectivity index (χ0v) is 14.3. The molecule has 2 aromatic rings. The van der Waals surface area contributed by atoms with E-state index in [1.54, 1.807) is 25.1 Å². The maximum Gasteiger partial charge on any atom is 0.309 e. The molecule has 0 bridgehead atoms. The Bertz CT molecular complexity index is 769. The molecule has 0 atom stereocenters. The molecule has 0 aromatic heterocycles. The van der Waals surface area contributed by atoms with Gasteiger partial charge in [-0.15, -0.1) is 0 Å². The molecule has 0 saturated heterocycles. The topological polar surface area (TPSA) is 69.7 Å². The van der Waals surface area contributed by atoms with E-state index in [0.717, 1.165) is 5.56 Å². The first kappa shape index (κ1) is 18.0. The van der Waals surface area contributed by atoms with E-state index < -0.39 is 16.1 Å². The number of hydrogen-bond acceptors (Lipinski definition) is 5. The summed E-state index contributed by atoms with van der Waals surface area (Å²) in [7, 11) is -3.78. The van der Waals surface area contributed by atoms with Crippen molar-refractivity contribution in [1.29, 1.82) is 0 Å². The normalized spacial score (nSPS) is 11.0. The number of esters is 1. The van der Waals surface area contributed by atoms with E-state index in [2.05, 4.69) is 0 Å². The Morgan fingerprint density at radius 1 is 1.00 bits per heavy atom. The van der Waals surface area contributed by atoms with Crippen LogP contribution in [0.15, 0.2) is 54.6 Å². The second-order valence-electron chi connectivity index (χ2n) is 5.12. The van der Waals surface area contributed by atoms with Gasteiger partial charge in [-0.05, 0) is 25.0 Å². The zero-order valence-electron chi connectivity index (χ0n) is 13.5. The minimum absolute atomic E-state index is 0.0523. The Balaban J connectivity index is 2.06. The van der Waals surface area contributed by atoms with Crippen LogP contribution >= 0.6 is 0 Å². The second-order valence-corrected chi connectivity index (χ2v) is 6.81. The molecule has 0 N–H and O–H groups in total. The number of carbonyl (C=O) groups excluding carboxylic acids is 1. The highest BCUT2D eigenvalue weighted by Gasteiger charge is 2.17. The lowest BCUT2D eigenvalue weighted by Gasteiger charge is -2.11. The molecular formula is C18H20O5S. The molecule has 5 nitrogen and oxygen atoms in total. The summed E-state index contributed by atoms with van der Waals surface area (Å²) in [6.07, 6.45) is 0.214. The second kappa shape index (κ2) is 8.49.